The summed E-state index contributed by atoms with van der Waals surface area (Å²) in [4.78, 5) is 12.8. The fourth-order valence-electron chi connectivity index (χ4n) is 3.07. The Morgan fingerprint density at radius 1 is 1.37 bits per heavy atom. The van der Waals surface area contributed by atoms with E-state index in [1.807, 2.05) is 0 Å². The molecule has 2 aliphatic rings. The van der Waals surface area contributed by atoms with Crippen molar-refractivity contribution in [3.63, 3.8) is 0 Å². The van der Waals surface area contributed by atoms with Crippen molar-refractivity contribution in [1.82, 2.24) is 9.62 Å². The molecule has 1 aromatic carbocycles. The summed E-state index contributed by atoms with van der Waals surface area (Å²) in [5.74, 6) is 0.355. The molecule has 1 atom stereocenters. The SMILES string of the molecule is COc1ccc(S(=O)(=O)N2CCOCC2)cc1C(=O)NC(CN)C1CC1.Cl. The van der Waals surface area contributed by atoms with Gasteiger partial charge >= 0.3 is 0 Å². The van der Waals surface area contributed by atoms with Crippen molar-refractivity contribution in [2.24, 2.45) is 11.7 Å². The third kappa shape index (κ3) is 4.91. The van der Waals surface area contributed by atoms with Gasteiger partial charge < -0.3 is 20.5 Å². The van der Waals surface area contributed by atoms with Crippen LogP contribution in [0.2, 0.25) is 0 Å². The third-order valence-corrected chi connectivity index (χ3v) is 6.68. The number of hydrogen-bond donors (Lipinski definition) is 2. The number of ether oxygens (including phenoxy) is 2. The molecule has 2 fully saturated rings. The topological polar surface area (TPSA) is 111 Å². The van der Waals surface area contributed by atoms with Crippen LogP contribution >= 0.6 is 12.4 Å². The van der Waals surface area contributed by atoms with Crippen molar-refractivity contribution in [2.75, 3.05) is 40.0 Å². The number of nitrogens with two attached hydrogens (primary N) is 1. The van der Waals surface area contributed by atoms with E-state index in [-0.39, 0.29) is 34.8 Å². The zero-order valence-corrected chi connectivity index (χ0v) is 16.9. The van der Waals surface area contributed by atoms with Crippen LogP contribution in [0.4, 0.5) is 0 Å². The van der Waals surface area contributed by atoms with Gasteiger partial charge in [0.15, 0.2) is 0 Å². The molecule has 1 heterocycles. The molecule has 27 heavy (non-hydrogen) atoms. The average Bonchev–Trinajstić information content (AvgIpc) is 3.51. The van der Waals surface area contributed by atoms with Crippen LogP contribution in [0, 0.1) is 5.92 Å². The molecule has 0 aromatic heterocycles. The first-order chi connectivity index (χ1) is 12.5. The van der Waals surface area contributed by atoms with E-state index in [9.17, 15) is 13.2 Å². The Kier molecular flexibility index (Phi) is 7.47. The monoisotopic (exact) mass is 419 g/mol. The smallest absolute Gasteiger partial charge is 0.255 e. The van der Waals surface area contributed by atoms with Crippen LogP contribution in [0.3, 0.4) is 0 Å². The first-order valence-electron chi connectivity index (χ1n) is 8.74. The molecule has 0 bridgehead atoms. The molecule has 3 N–H and O–H groups in total. The van der Waals surface area contributed by atoms with Gasteiger partial charge in [-0.25, -0.2) is 8.42 Å². The van der Waals surface area contributed by atoms with Gasteiger partial charge in [-0.3, -0.25) is 4.79 Å². The van der Waals surface area contributed by atoms with E-state index in [1.54, 1.807) is 0 Å². The van der Waals surface area contributed by atoms with Crippen molar-refractivity contribution in [3.05, 3.63) is 23.8 Å². The van der Waals surface area contributed by atoms with Crippen LogP contribution in [0.15, 0.2) is 23.1 Å². The number of morpholine rings is 1. The second-order valence-corrected chi connectivity index (χ2v) is 8.47. The van der Waals surface area contributed by atoms with E-state index < -0.39 is 10.0 Å². The predicted molar refractivity (Wildman–Crippen MR) is 103 cm³/mol. The Morgan fingerprint density at radius 3 is 2.59 bits per heavy atom. The lowest BCUT2D eigenvalue weighted by Gasteiger charge is -2.26. The molecule has 3 rings (SSSR count). The largest absolute Gasteiger partial charge is 0.496 e. The highest BCUT2D eigenvalue weighted by atomic mass is 35.5. The van der Waals surface area contributed by atoms with E-state index >= 15 is 0 Å². The maximum Gasteiger partial charge on any atom is 0.255 e. The van der Waals surface area contributed by atoms with Crippen LogP contribution in [0.25, 0.3) is 0 Å². The number of methoxy groups -OCH3 is 1. The first kappa shape index (κ1) is 21.9. The summed E-state index contributed by atoms with van der Waals surface area (Å²) in [5, 5.41) is 2.91. The van der Waals surface area contributed by atoms with E-state index in [0.717, 1.165) is 12.8 Å². The number of nitrogens with one attached hydrogen (secondary N) is 1. The Bertz CT molecular complexity index is 764. The molecule has 1 unspecified atom stereocenters. The molecule has 10 heteroatoms. The highest BCUT2D eigenvalue weighted by Gasteiger charge is 2.33. The van der Waals surface area contributed by atoms with Crippen LogP contribution in [-0.4, -0.2) is 64.6 Å². The van der Waals surface area contributed by atoms with Crippen LogP contribution in [0.5, 0.6) is 5.75 Å². The first-order valence-corrected chi connectivity index (χ1v) is 10.2. The highest BCUT2D eigenvalue weighted by molar-refractivity contribution is 7.89. The normalized spacial score (nSPS) is 19.0. The number of halogens is 1. The van der Waals surface area contributed by atoms with Gasteiger partial charge in [0.1, 0.15) is 5.75 Å². The summed E-state index contributed by atoms with van der Waals surface area (Å²) in [7, 11) is -2.24. The lowest BCUT2D eigenvalue weighted by molar-refractivity contribution is 0.0730. The lowest BCUT2D eigenvalue weighted by atomic mass is 10.1. The van der Waals surface area contributed by atoms with Crippen molar-refractivity contribution in [1.29, 1.82) is 0 Å². The molecular formula is C17H26ClN3O5S. The lowest BCUT2D eigenvalue weighted by Crippen LogP contribution is -2.42. The Morgan fingerprint density at radius 2 is 2.04 bits per heavy atom. The molecule has 1 saturated carbocycles. The molecule has 152 valence electrons. The number of nitrogens with zero attached hydrogens (tertiary/aromatic N) is 1. The molecule has 1 aliphatic carbocycles. The number of hydrogen-bond acceptors (Lipinski definition) is 6. The van der Waals surface area contributed by atoms with Crippen LogP contribution in [-0.2, 0) is 14.8 Å². The molecule has 1 aliphatic heterocycles. The summed E-state index contributed by atoms with van der Waals surface area (Å²) >= 11 is 0. The Labute approximate surface area is 165 Å². The highest BCUT2D eigenvalue weighted by Crippen LogP contribution is 2.33. The molecule has 1 saturated heterocycles. The van der Waals surface area contributed by atoms with Crippen molar-refractivity contribution in [3.8, 4) is 5.75 Å². The standard InChI is InChI=1S/C17H25N3O5S.ClH/c1-24-16-5-4-13(26(22,23)20-6-8-25-9-7-20)10-14(16)17(21)19-15(11-18)12-2-3-12;/h4-5,10,12,15H,2-3,6-9,11,18H2,1H3,(H,19,21);1H. The molecular weight excluding hydrogens is 394 g/mol. The number of sulfonamides is 1. The van der Waals surface area contributed by atoms with Gasteiger partial charge in [0.2, 0.25) is 10.0 Å². The summed E-state index contributed by atoms with van der Waals surface area (Å²) in [5.41, 5.74) is 5.94. The van der Waals surface area contributed by atoms with Gasteiger partial charge in [0.05, 0.1) is 30.8 Å². The molecule has 1 aromatic rings. The second kappa shape index (κ2) is 9.20. The number of rotatable bonds is 7. The van der Waals surface area contributed by atoms with Crippen molar-refractivity contribution in [2.45, 2.75) is 23.8 Å². The Hall–Kier alpha value is -1.39. The number of carbonyl (C=O) groups excluding carboxylic acids is 1. The Balaban J connectivity index is 0.00000261. The minimum absolute atomic E-state index is 0. The number of amides is 1. The summed E-state index contributed by atoms with van der Waals surface area (Å²) in [6, 6.07) is 4.24. The summed E-state index contributed by atoms with van der Waals surface area (Å²) in [6.45, 7) is 1.68. The number of carbonyl (C=O) groups is 1. The maximum absolute atomic E-state index is 12.8. The van der Waals surface area contributed by atoms with Crippen LogP contribution < -0.4 is 15.8 Å². The van der Waals surface area contributed by atoms with E-state index in [4.69, 9.17) is 15.2 Å². The maximum atomic E-state index is 12.8. The predicted octanol–water partition coefficient (Wildman–Crippen LogP) is 0.605. The zero-order valence-electron chi connectivity index (χ0n) is 15.2. The van der Waals surface area contributed by atoms with E-state index in [0.29, 0.717) is 44.5 Å². The molecule has 1 amide bonds. The molecule has 0 spiro atoms. The van der Waals surface area contributed by atoms with E-state index in [2.05, 4.69) is 5.32 Å². The van der Waals surface area contributed by atoms with Gasteiger partial charge in [-0.05, 0) is 37.0 Å². The quantitative estimate of drug-likeness (QED) is 0.669. The summed E-state index contributed by atoms with van der Waals surface area (Å²) in [6.07, 6.45) is 2.09. The molecule has 8 nitrogen and oxygen atoms in total. The molecule has 0 radical (unpaired) electrons. The van der Waals surface area contributed by atoms with Gasteiger partial charge in [0.25, 0.3) is 5.91 Å². The average molecular weight is 420 g/mol. The zero-order chi connectivity index (χ0) is 18.7. The fourth-order valence-corrected chi connectivity index (χ4v) is 4.51. The van der Waals surface area contributed by atoms with Gasteiger partial charge in [-0.2, -0.15) is 4.31 Å². The van der Waals surface area contributed by atoms with Crippen molar-refractivity contribution < 1.29 is 22.7 Å². The van der Waals surface area contributed by atoms with Gasteiger partial charge in [-0.15, -0.1) is 12.4 Å². The van der Waals surface area contributed by atoms with E-state index in [1.165, 1.54) is 29.6 Å². The van der Waals surface area contributed by atoms with Crippen LogP contribution in [0.1, 0.15) is 23.2 Å². The minimum atomic E-state index is -3.69. The summed E-state index contributed by atoms with van der Waals surface area (Å²) < 4.78 is 37.5. The minimum Gasteiger partial charge on any atom is -0.496 e. The fraction of sp³-hybridized carbons (Fsp3) is 0.588. The number of benzene rings is 1. The third-order valence-electron chi connectivity index (χ3n) is 4.78. The van der Waals surface area contributed by atoms with Gasteiger partial charge in [0, 0.05) is 25.7 Å². The second-order valence-electron chi connectivity index (χ2n) is 6.53. The van der Waals surface area contributed by atoms with Gasteiger partial charge in [-0.1, -0.05) is 0 Å². The van der Waals surface area contributed by atoms with Crippen molar-refractivity contribution >= 4 is 28.3 Å².